The lowest BCUT2D eigenvalue weighted by molar-refractivity contribution is -0.134. The summed E-state index contributed by atoms with van der Waals surface area (Å²) in [5, 5.41) is 6.17. The van der Waals surface area contributed by atoms with Gasteiger partial charge in [-0.2, -0.15) is 11.3 Å². The van der Waals surface area contributed by atoms with Crippen LogP contribution in [0.4, 0.5) is 10.1 Å². The smallest absolute Gasteiger partial charge is 0.340 e. The number of nitrogens with one attached hydrogen (secondary N) is 1. The first-order valence-electron chi connectivity index (χ1n) is 9.60. The second-order valence-corrected chi connectivity index (χ2v) is 7.41. The molecular weight excluding hydrogens is 419 g/mol. The normalized spacial score (nSPS) is 10.4. The van der Waals surface area contributed by atoms with E-state index in [0.29, 0.717) is 23.4 Å². The van der Waals surface area contributed by atoms with E-state index in [0.717, 1.165) is 0 Å². The molecule has 6 nitrogen and oxygen atoms in total. The average Bonchev–Trinajstić information content (AvgIpc) is 3.31. The van der Waals surface area contributed by atoms with Gasteiger partial charge in [0.05, 0.1) is 16.8 Å². The standard InChI is InChI=1S/C23H21FN2O4S/c1-2-26(13-16-6-5-7-18(24)12-16)21(27)14-30-23(29)19-8-3-4-9-20(19)25-22(28)17-10-11-31-15-17/h3-12,15H,2,13-14H2,1H3,(H,25,28). The molecule has 2 aromatic carbocycles. The van der Waals surface area contributed by atoms with Gasteiger partial charge in [0.25, 0.3) is 11.8 Å². The topological polar surface area (TPSA) is 75.7 Å². The molecule has 0 spiro atoms. The molecule has 0 aliphatic heterocycles. The van der Waals surface area contributed by atoms with Crippen LogP contribution >= 0.6 is 11.3 Å². The summed E-state index contributed by atoms with van der Waals surface area (Å²) in [4.78, 5) is 38.8. The van der Waals surface area contributed by atoms with Crippen LogP contribution in [0, 0.1) is 5.82 Å². The third-order valence-corrected chi connectivity index (χ3v) is 5.19. The van der Waals surface area contributed by atoms with E-state index < -0.39 is 18.5 Å². The molecule has 3 rings (SSSR count). The number of esters is 1. The zero-order chi connectivity index (χ0) is 22.2. The number of carbonyl (C=O) groups excluding carboxylic acids is 3. The predicted molar refractivity (Wildman–Crippen MR) is 116 cm³/mol. The van der Waals surface area contributed by atoms with Crippen molar-refractivity contribution in [2.24, 2.45) is 0 Å². The lowest BCUT2D eigenvalue weighted by Gasteiger charge is -2.21. The Morgan fingerprint density at radius 1 is 1.10 bits per heavy atom. The molecule has 2 amide bonds. The van der Waals surface area contributed by atoms with Gasteiger partial charge in [0.2, 0.25) is 0 Å². The quantitative estimate of drug-likeness (QED) is 0.529. The molecule has 1 N–H and O–H groups in total. The molecule has 0 fully saturated rings. The van der Waals surface area contributed by atoms with Gasteiger partial charge in [-0.15, -0.1) is 0 Å². The van der Waals surface area contributed by atoms with E-state index >= 15 is 0 Å². The number of thiophene rings is 1. The Hall–Kier alpha value is -3.52. The Bertz CT molecular complexity index is 1070. The number of hydrogen-bond acceptors (Lipinski definition) is 5. The van der Waals surface area contributed by atoms with Crippen molar-refractivity contribution in [3.8, 4) is 0 Å². The zero-order valence-electron chi connectivity index (χ0n) is 16.8. The SMILES string of the molecule is CCN(Cc1cccc(F)c1)C(=O)COC(=O)c1ccccc1NC(=O)c1ccsc1. The molecular formula is C23H21FN2O4S. The summed E-state index contributed by atoms with van der Waals surface area (Å²) in [5.41, 5.74) is 1.57. The van der Waals surface area contributed by atoms with Crippen molar-refractivity contribution in [1.29, 1.82) is 0 Å². The van der Waals surface area contributed by atoms with Crippen molar-refractivity contribution in [3.05, 3.63) is 87.9 Å². The maximum atomic E-state index is 13.4. The number of rotatable bonds is 8. The van der Waals surface area contributed by atoms with E-state index in [4.69, 9.17) is 4.74 Å². The molecule has 8 heteroatoms. The molecule has 1 heterocycles. The van der Waals surface area contributed by atoms with Crippen LogP contribution in [0.2, 0.25) is 0 Å². The fraction of sp³-hybridized carbons (Fsp3) is 0.174. The Morgan fingerprint density at radius 2 is 1.90 bits per heavy atom. The van der Waals surface area contributed by atoms with Gasteiger partial charge in [-0.25, -0.2) is 9.18 Å². The van der Waals surface area contributed by atoms with Gasteiger partial charge in [0, 0.05) is 18.5 Å². The number of halogens is 1. The lowest BCUT2D eigenvalue weighted by Crippen LogP contribution is -2.34. The maximum absolute atomic E-state index is 13.4. The largest absolute Gasteiger partial charge is 0.452 e. The molecule has 0 bridgehead atoms. The van der Waals surface area contributed by atoms with Gasteiger partial charge < -0.3 is 15.0 Å². The predicted octanol–water partition coefficient (Wildman–Crippen LogP) is 4.35. The summed E-state index contributed by atoms with van der Waals surface area (Å²) in [5.74, 6) is -1.85. The van der Waals surface area contributed by atoms with E-state index in [9.17, 15) is 18.8 Å². The molecule has 0 saturated heterocycles. The van der Waals surface area contributed by atoms with E-state index in [1.54, 1.807) is 54.1 Å². The highest BCUT2D eigenvalue weighted by Crippen LogP contribution is 2.18. The highest BCUT2D eigenvalue weighted by atomic mass is 32.1. The second kappa shape index (κ2) is 10.5. The molecule has 3 aromatic rings. The number of para-hydroxylation sites is 1. The summed E-state index contributed by atoms with van der Waals surface area (Å²) >= 11 is 1.39. The molecule has 0 unspecified atom stereocenters. The summed E-state index contributed by atoms with van der Waals surface area (Å²) in [6, 6.07) is 14.1. The van der Waals surface area contributed by atoms with Gasteiger partial charge in [-0.05, 0) is 48.2 Å². The second-order valence-electron chi connectivity index (χ2n) is 6.63. The van der Waals surface area contributed by atoms with Gasteiger partial charge in [-0.1, -0.05) is 24.3 Å². The molecule has 0 saturated carbocycles. The third kappa shape index (κ3) is 5.99. The van der Waals surface area contributed by atoms with Crippen LogP contribution in [-0.2, 0) is 16.1 Å². The minimum atomic E-state index is -0.726. The average molecular weight is 440 g/mol. The van der Waals surface area contributed by atoms with Gasteiger partial charge in [0.15, 0.2) is 6.61 Å². The van der Waals surface area contributed by atoms with Crippen molar-refractivity contribution in [3.63, 3.8) is 0 Å². The Kier molecular flexibility index (Phi) is 7.50. The summed E-state index contributed by atoms with van der Waals surface area (Å²) < 4.78 is 18.6. The monoisotopic (exact) mass is 440 g/mol. The summed E-state index contributed by atoms with van der Waals surface area (Å²) in [6.07, 6.45) is 0. The van der Waals surface area contributed by atoms with Crippen molar-refractivity contribution >= 4 is 34.8 Å². The van der Waals surface area contributed by atoms with E-state index in [1.807, 2.05) is 0 Å². The fourth-order valence-corrected chi connectivity index (χ4v) is 3.52. The van der Waals surface area contributed by atoms with Crippen LogP contribution in [0.1, 0.15) is 33.2 Å². The van der Waals surface area contributed by atoms with Crippen LogP contribution < -0.4 is 5.32 Å². The van der Waals surface area contributed by atoms with Crippen molar-refractivity contribution in [2.75, 3.05) is 18.5 Å². The molecule has 31 heavy (non-hydrogen) atoms. The van der Waals surface area contributed by atoms with E-state index in [-0.39, 0.29) is 23.8 Å². The highest BCUT2D eigenvalue weighted by Gasteiger charge is 2.19. The first-order valence-corrected chi connectivity index (χ1v) is 10.5. The van der Waals surface area contributed by atoms with Crippen LogP contribution in [0.15, 0.2) is 65.4 Å². The van der Waals surface area contributed by atoms with Crippen LogP contribution in [0.3, 0.4) is 0 Å². The van der Waals surface area contributed by atoms with Crippen molar-refractivity contribution in [2.45, 2.75) is 13.5 Å². The Morgan fingerprint density at radius 3 is 2.61 bits per heavy atom. The molecule has 0 aliphatic rings. The number of benzene rings is 2. The highest BCUT2D eigenvalue weighted by molar-refractivity contribution is 7.08. The summed E-state index contributed by atoms with van der Waals surface area (Å²) in [7, 11) is 0. The number of nitrogens with zero attached hydrogens (tertiary/aromatic N) is 1. The molecule has 0 atom stereocenters. The number of anilines is 1. The Labute approximate surface area is 183 Å². The first kappa shape index (κ1) is 22.2. The van der Waals surface area contributed by atoms with Crippen molar-refractivity contribution < 1.29 is 23.5 Å². The molecule has 0 aliphatic carbocycles. The van der Waals surface area contributed by atoms with Gasteiger partial charge in [0.1, 0.15) is 5.82 Å². The van der Waals surface area contributed by atoms with E-state index in [2.05, 4.69) is 5.32 Å². The number of ether oxygens (including phenoxy) is 1. The third-order valence-electron chi connectivity index (χ3n) is 4.50. The van der Waals surface area contributed by atoms with E-state index in [1.165, 1.54) is 34.4 Å². The molecule has 1 aromatic heterocycles. The maximum Gasteiger partial charge on any atom is 0.340 e. The van der Waals surface area contributed by atoms with Gasteiger partial charge in [-0.3, -0.25) is 9.59 Å². The van der Waals surface area contributed by atoms with Crippen LogP contribution in [-0.4, -0.2) is 35.8 Å². The minimum absolute atomic E-state index is 0.145. The number of amides is 2. The Balaban J connectivity index is 1.62. The first-order chi connectivity index (χ1) is 15.0. The minimum Gasteiger partial charge on any atom is -0.452 e. The zero-order valence-corrected chi connectivity index (χ0v) is 17.7. The van der Waals surface area contributed by atoms with Gasteiger partial charge >= 0.3 is 5.97 Å². The molecule has 0 radical (unpaired) electrons. The number of carbonyl (C=O) groups is 3. The summed E-state index contributed by atoms with van der Waals surface area (Å²) in [6.45, 7) is 1.90. The van der Waals surface area contributed by atoms with Crippen LogP contribution in [0.25, 0.3) is 0 Å². The fourth-order valence-electron chi connectivity index (χ4n) is 2.89. The molecule has 160 valence electrons. The number of likely N-dealkylation sites (N-methyl/N-ethyl adjacent to an activating group) is 1. The lowest BCUT2D eigenvalue weighted by atomic mass is 10.1. The van der Waals surface area contributed by atoms with Crippen LogP contribution in [0.5, 0.6) is 0 Å². The van der Waals surface area contributed by atoms with Crippen molar-refractivity contribution in [1.82, 2.24) is 4.90 Å². The number of hydrogen-bond donors (Lipinski definition) is 1.